The first-order chi connectivity index (χ1) is 10.0. The Morgan fingerprint density at radius 3 is 2.59 bits per heavy atom. The number of aromatic nitrogens is 1. The Hall–Kier alpha value is -1.93. The lowest BCUT2D eigenvalue weighted by atomic mass is 9.95. The van der Waals surface area contributed by atoms with Crippen LogP contribution in [0.4, 0.5) is 27.8 Å². The van der Waals surface area contributed by atoms with Gasteiger partial charge >= 0.3 is 6.18 Å². The number of nitrogens with zero attached hydrogens (tertiary/aromatic N) is 2. The van der Waals surface area contributed by atoms with Crippen LogP contribution in [-0.4, -0.2) is 29.9 Å². The lowest BCUT2D eigenvalue weighted by molar-refractivity contribution is -0.137. The van der Waals surface area contributed by atoms with Crippen LogP contribution in [-0.2, 0) is 6.18 Å². The van der Waals surface area contributed by atoms with Gasteiger partial charge in [-0.25, -0.2) is 13.8 Å². The third-order valence-corrected chi connectivity index (χ3v) is 3.69. The normalized spacial score (nSPS) is 21.7. The van der Waals surface area contributed by atoms with Crippen LogP contribution < -0.4 is 10.6 Å². The number of nitrogens with two attached hydrogens (primary N) is 1. The minimum Gasteiger partial charge on any atom is -0.365 e. The Morgan fingerprint density at radius 2 is 2.09 bits per heavy atom. The van der Waals surface area contributed by atoms with Gasteiger partial charge in [-0.05, 0) is 6.07 Å². The maximum Gasteiger partial charge on any atom is 0.417 e. The molecular formula is C13H14F5N3O. The van der Waals surface area contributed by atoms with Gasteiger partial charge in [-0.2, -0.15) is 13.2 Å². The number of amides is 1. The minimum absolute atomic E-state index is 0.0946. The first-order valence-corrected chi connectivity index (χ1v) is 6.52. The number of hydrogen-bond donors (Lipinski definition) is 1. The highest BCUT2D eigenvalue weighted by Crippen LogP contribution is 2.36. The molecule has 0 saturated carbocycles. The molecule has 1 aromatic rings. The van der Waals surface area contributed by atoms with Crippen molar-refractivity contribution in [2.75, 3.05) is 18.0 Å². The molecule has 9 heteroatoms. The van der Waals surface area contributed by atoms with Gasteiger partial charge in [0.15, 0.2) is 0 Å². The van der Waals surface area contributed by atoms with Crippen LogP contribution in [0.5, 0.6) is 0 Å². The molecule has 2 N–H and O–H groups in total. The van der Waals surface area contributed by atoms with Gasteiger partial charge < -0.3 is 10.6 Å². The van der Waals surface area contributed by atoms with Crippen molar-refractivity contribution >= 4 is 11.7 Å². The van der Waals surface area contributed by atoms with Crippen LogP contribution >= 0.6 is 0 Å². The van der Waals surface area contributed by atoms with Crippen LogP contribution in [0.1, 0.15) is 29.3 Å². The van der Waals surface area contributed by atoms with Crippen LogP contribution in [0, 0.1) is 5.92 Å². The summed E-state index contributed by atoms with van der Waals surface area (Å²) in [5.74, 6) is -5.04. The number of piperidine rings is 1. The number of rotatable bonds is 2. The van der Waals surface area contributed by atoms with Crippen molar-refractivity contribution in [3.05, 3.63) is 23.4 Å². The molecule has 1 aromatic heterocycles. The van der Waals surface area contributed by atoms with Crippen molar-refractivity contribution < 1.29 is 26.7 Å². The molecule has 2 rings (SSSR count). The minimum atomic E-state index is -4.67. The number of anilines is 1. The first kappa shape index (κ1) is 16.4. The largest absolute Gasteiger partial charge is 0.417 e. The molecule has 0 bridgehead atoms. The van der Waals surface area contributed by atoms with E-state index in [2.05, 4.69) is 4.98 Å². The summed E-state index contributed by atoms with van der Waals surface area (Å²) in [5.41, 5.74) is 3.57. The molecule has 0 spiro atoms. The van der Waals surface area contributed by atoms with Gasteiger partial charge in [-0.3, -0.25) is 4.79 Å². The Labute approximate surface area is 123 Å². The highest BCUT2D eigenvalue weighted by molar-refractivity contribution is 5.98. The lowest BCUT2D eigenvalue weighted by Crippen LogP contribution is -2.46. The van der Waals surface area contributed by atoms with Gasteiger partial charge in [0.1, 0.15) is 5.82 Å². The summed E-state index contributed by atoms with van der Waals surface area (Å²) < 4.78 is 65.0. The molecule has 0 aliphatic carbocycles. The number of hydrogen-bond acceptors (Lipinski definition) is 3. The Kier molecular flexibility index (Phi) is 4.01. The molecule has 4 nitrogen and oxygen atoms in total. The molecule has 0 radical (unpaired) electrons. The molecule has 122 valence electrons. The van der Waals surface area contributed by atoms with E-state index < -0.39 is 41.5 Å². The lowest BCUT2D eigenvalue weighted by Gasteiger charge is -2.37. The quantitative estimate of drug-likeness (QED) is 0.851. The number of carbonyl (C=O) groups is 1. The van der Waals surface area contributed by atoms with Gasteiger partial charge in [0.2, 0.25) is 0 Å². The number of halogens is 5. The molecule has 2 heterocycles. The van der Waals surface area contributed by atoms with Gasteiger partial charge in [0.05, 0.1) is 11.1 Å². The summed E-state index contributed by atoms with van der Waals surface area (Å²) in [6, 6.07) is 0.599. The maximum atomic E-state index is 13.5. The second kappa shape index (κ2) is 5.36. The summed E-state index contributed by atoms with van der Waals surface area (Å²) in [6.45, 7) is 1.10. The highest BCUT2D eigenvalue weighted by atomic mass is 19.4. The summed E-state index contributed by atoms with van der Waals surface area (Å²) in [6.07, 6.45) is -4.56. The smallest absolute Gasteiger partial charge is 0.365 e. The monoisotopic (exact) mass is 323 g/mol. The Morgan fingerprint density at radius 1 is 1.45 bits per heavy atom. The fraction of sp³-hybridized carbons (Fsp3) is 0.538. The van der Waals surface area contributed by atoms with Crippen molar-refractivity contribution in [1.29, 1.82) is 0 Å². The van der Waals surface area contributed by atoms with E-state index in [1.165, 1.54) is 11.8 Å². The van der Waals surface area contributed by atoms with E-state index in [1.54, 1.807) is 0 Å². The molecule has 1 amide bonds. The van der Waals surface area contributed by atoms with Gasteiger partial charge in [-0.15, -0.1) is 0 Å². The Bertz CT molecular complexity index is 588. The van der Waals surface area contributed by atoms with E-state index in [0.717, 1.165) is 0 Å². The van der Waals surface area contributed by atoms with Crippen LogP contribution in [0.15, 0.2) is 12.3 Å². The van der Waals surface area contributed by atoms with Crippen LogP contribution in [0.2, 0.25) is 0 Å². The van der Waals surface area contributed by atoms with Crippen molar-refractivity contribution in [2.24, 2.45) is 11.7 Å². The van der Waals surface area contributed by atoms with E-state index >= 15 is 0 Å². The average Bonchev–Trinajstić information content (AvgIpc) is 2.40. The van der Waals surface area contributed by atoms with Crippen LogP contribution in [0.25, 0.3) is 0 Å². The molecule has 22 heavy (non-hydrogen) atoms. The zero-order chi connectivity index (χ0) is 16.7. The number of primary amides is 1. The van der Waals surface area contributed by atoms with Gasteiger partial charge in [0, 0.05) is 31.6 Å². The average molecular weight is 323 g/mol. The molecule has 1 atom stereocenters. The predicted molar refractivity (Wildman–Crippen MR) is 68.7 cm³/mol. The number of pyridine rings is 1. The van der Waals surface area contributed by atoms with Crippen molar-refractivity contribution in [3.63, 3.8) is 0 Å². The fourth-order valence-corrected chi connectivity index (χ4v) is 2.32. The fourth-order valence-electron chi connectivity index (χ4n) is 2.32. The van der Waals surface area contributed by atoms with E-state index in [1.807, 2.05) is 0 Å². The highest BCUT2D eigenvalue weighted by Gasteiger charge is 2.42. The second-order valence-electron chi connectivity index (χ2n) is 5.32. The van der Waals surface area contributed by atoms with Gasteiger partial charge in [0.25, 0.3) is 11.8 Å². The molecule has 1 unspecified atom stereocenters. The molecular weight excluding hydrogens is 309 g/mol. The zero-order valence-corrected chi connectivity index (χ0v) is 11.6. The summed E-state index contributed by atoms with van der Waals surface area (Å²) in [4.78, 5) is 16.4. The third-order valence-electron chi connectivity index (χ3n) is 3.69. The van der Waals surface area contributed by atoms with Crippen molar-refractivity contribution in [1.82, 2.24) is 4.98 Å². The standard InChI is InChI=1S/C13H14F5N3O/c1-7-6-21(3-2-12(7,14)15)11-9(10(19)22)4-8(5-20-11)13(16,17)18/h4-5,7H,2-3,6H2,1H3,(H2,19,22). The summed E-state index contributed by atoms with van der Waals surface area (Å²) in [5, 5.41) is 0. The third kappa shape index (κ3) is 3.12. The molecule has 1 saturated heterocycles. The summed E-state index contributed by atoms with van der Waals surface area (Å²) >= 11 is 0. The molecule has 1 aliphatic heterocycles. The molecule has 1 aliphatic rings. The zero-order valence-electron chi connectivity index (χ0n) is 11.6. The maximum absolute atomic E-state index is 13.5. The number of carbonyl (C=O) groups excluding carboxylic acids is 1. The van der Waals surface area contributed by atoms with E-state index in [4.69, 9.17) is 5.73 Å². The van der Waals surface area contributed by atoms with Gasteiger partial charge in [-0.1, -0.05) is 6.92 Å². The van der Waals surface area contributed by atoms with E-state index in [9.17, 15) is 26.7 Å². The second-order valence-corrected chi connectivity index (χ2v) is 5.32. The predicted octanol–water partition coefficient (Wildman–Crippen LogP) is 2.68. The number of alkyl halides is 5. The topological polar surface area (TPSA) is 59.2 Å². The van der Waals surface area contributed by atoms with Crippen LogP contribution in [0.3, 0.4) is 0 Å². The van der Waals surface area contributed by atoms with Crippen molar-refractivity contribution in [3.8, 4) is 0 Å². The Balaban J connectivity index is 2.38. The van der Waals surface area contributed by atoms with E-state index in [-0.39, 0.29) is 18.9 Å². The van der Waals surface area contributed by atoms with Crippen molar-refractivity contribution in [2.45, 2.75) is 25.4 Å². The first-order valence-electron chi connectivity index (χ1n) is 6.52. The summed E-state index contributed by atoms with van der Waals surface area (Å²) in [7, 11) is 0. The molecule has 0 aromatic carbocycles. The SMILES string of the molecule is CC1CN(c2ncc(C(F)(F)F)cc2C(N)=O)CCC1(F)F. The molecule has 1 fully saturated rings. The van der Waals surface area contributed by atoms with E-state index in [0.29, 0.717) is 12.3 Å².